The summed E-state index contributed by atoms with van der Waals surface area (Å²) in [6.07, 6.45) is 4.67. The molecule has 12 heavy (non-hydrogen) atoms. The molecule has 0 N–H and O–H groups in total. The lowest BCUT2D eigenvalue weighted by atomic mass is 10.0. The van der Waals surface area contributed by atoms with Gasteiger partial charge in [0.2, 0.25) is 0 Å². The molecule has 4 heteroatoms. The van der Waals surface area contributed by atoms with E-state index in [1.54, 1.807) is 26.2 Å². The standard InChI is InChI=1S/C8H10N2O2/c1-8(2,12-6-11)7-3-9-5-10-4-7/h3-6H,1-2H3. The Kier molecular flexibility index (Phi) is 2.38. The SMILES string of the molecule is CC(C)(OC=O)c1cncnc1. The van der Waals surface area contributed by atoms with Gasteiger partial charge in [-0.05, 0) is 13.8 Å². The minimum absolute atomic E-state index is 0.424. The van der Waals surface area contributed by atoms with E-state index in [1.807, 2.05) is 0 Å². The number of rotatable bonds is 3. The predicted molar refractivity (Wildman–Crippen MR) is 42.2 cm³/mol. The second-order valence-corrected chi connectivity index (χ2v) is 2.85. The first-order chi connectivity index (χ1) is 5.67. The number of aromatic nitrogens is 2. The summed E-state index contributed by atoms with van der Waals surface area (Å²) in [7, 11) is 0. The number of hydrogen-bond donors (Lipinski definition) is 0. The molecule has 0 aromatic carbocycles. The second-order valence-electron chi connectivity index (χ2n) is 2.85. The van der Waals surface area contributed by atoms with E-state index in [-0.39, 0.29) is 0 Å². The van der Waals surface area contributed by atoms with E-state index in [0.29, 0.717) is 6.47 Å². The maximum absolute atomic E-state index is 10.1. The molecule has 0 atom stereocenters. The summed E-state index contributed by atoms with van der Waals surface area (Å²) in [4.78, 5) is 17.8. The molecule has 1 aromatic rings. The first kappa shape index (κ1) is 8.64. The first-order valence-electron chi connectivity index (χ1n) is 3.54. The zero-order valence-corrected chi connectivity index (χ0v) is 7.02. The largest absolute Gasteiger partial charge is 0.457 e. The quantitative estimate of drug-likeness (QED) is 0.625. The molecule has 1 rings (SSSR count). The van der Waals surface area contributed by atoms with E-state index >= 15 is 0 Å². The van der Waals surface area contributed by atoms with Gasteiger partial charge in [-0.2, -0.15) is 0 Å². The maximum Gasteiger partial charge on any atom is 0.293 e. The maximum atomic E-state index is 10.1. The molecule has 64 valence electrons. The minimum Gasteiger partial charge on any atom is -0.457 e. The highest BCUT2D eigenvalue weighted by atomic mass is 16.5. The van der Waals surface area contributed by atoms with E-state index in [4.69, 9.17) is 4.74 Å². The summed E-state index contributed by atoms with van der Waals surface area (Å²) in [6, 6.07) is 0. The van der Waals surface area contributed by atoms with Gasteiger partial charge in [0.15, 0.2) is 0 Å². The Hall–Kier alpha value is -1.45. The fourth-order valence-electron chi connectivity index (χ4n) is 0.798. The van der Waals surface area contributed by atoms with Gasteiger partial charge in [-0.1, -0.05) is 0 Å². The lowest BCUT2D eigenvalue weighted by Gasteiger charge is -2.21. The zero-order chi connectivity index (χ0) is 9.03. The van der Waals surface area contributed by atoms with Crippen LogP contribution in [0.15, 0.2) is 18.7 Å². The van der Waals surface area contributed by atoms with E-state index < -0.39 is 5.60 Å². The Morgan fingerprint density at radius 1 is 1.42 bits per heavy atom. The minimum atomic E-state index is -0.650. The molecule has 0 amide bonds. The number of carbonyl (C=O) groups is 1. The fourth-order valence-corrected chi connectivity index (χ4v) is 0.798. The number of hydrogen-bond acceptors (Lipinski definition) is 4. The summed E-state index contributed by atoms with van der Waals surface area (Å²) in [5.41, 5.74) is 0.125. The number of nitrogens with zero attached hydrogens (tertiary/aromatic N) is 2. The Balaban J connectivity index is 2.89. The smallest absolute Gasteiger partial charge is 0.293 e. The van der Waals surface area contributed by atoms with Gasteiger partial charge in [-0.15, -0.1) is 0 Å². The highest BCUT2D eigenvalue weighted by molar-refractivity contribution is 5.39. The average molecular weight is 166 g/mol. The van der Waals surface area contributed by atoms with Crippen molar-refractivity contribution in [1.29, 1.82) is 0 Å². The van der Waals surface area contributed by atoms with Crippen molar-refractivity contribution in [2.45, 2.75) is 19.4 Å². The van der Waals surface area contributed by atoms with E-state index in [1.165, 1.54) is 6.33 Å². The van der Waals surface area contributed by atoms with Crippen molar-refractivity contribution in [1.82, 2.24) is 9.97 Å². The van der Waals surface area contributed by atoms with Crippen LogP contribution in [-0.2, 0) is 15.1 Å². The van der Waals surface area contributed by atoms with E-state index in [0.717, 1.165) is 5.56 Å². The number of carbonyl (C=O) groups excluding carboxylic acids is 1. The van der Waals surface area contributed by atoms with Crippen molar-refractivity contribution < 1.29 is 9.53 Å². The van der Waals surface area contributed by atoms with Gasteiger partial charge in [0.1, 0.15) is 11.9 Å². The van der Waals surface area contributed by atoms with Crippen LogP contribution in [0.3, 0.4) is 0 Å². The molecule has 0 saturated carbocycles. The molecular weight excluding hydrogens is 156 g/mol. The monoisotopic (exact) mass is 166 g/mol. The molecule has 0 bridgehead atoms. The molecule has 0 aliphatic carbocycles. The van der Waals surface area contributed by atoms with Crippen LogP contribution >= 0.6 is 0 Å². The van der Waals surface area contributed by atoms with Gasteiger partial charge in [0, 0.05) is 18.0 Å². The first-order valence-corrected chi connectivity index (χ1v) is 3.54. The van der Waals surface area contributed by atoms with Gasteiger partial charge in [0.25, 0.3) is 6.47 Å². The molecule has 0 aliphatic heterocycles. The van der Waals surface area contributed by atoms with Crippen LogP contribution in [0.5, 0.6) is 0 Å². The van der Waals surface area contributed by atoms with Crippen LogP contribution in [0.1, 0.15) is 19.4 Å². The Morgan fingerprint density at radius 2 is 2.00 bits per heavy atom. The third kappa shape index (κ3) is 1.78. The van der Waals surface area contributed by atoms with Crippen LogP contribution in [0.4, 0.5) is 0 Å². The molecular formula is C8H10N2O2. The third-order valence-corrected chi connectivity index (χ3v) is 1.60. The van der Waals surface area contributed by atoms with Crippen molar-refractivity contribution >= 4 is 6.47 Å². The number of ether oxygens (including phenoxy) is 1. The van der Waals surface area contributed by atoms with Gasteiger partial charge in [0.05, 0.1) is 0 Å². The van der Waals surface area contributed by atoms with Gasteiger partial charge in [-0.3, -0.25) is 4.79 Å². The van der Waals surface area contributed by atoms with E-state index in [9.17, 15) is 4.79 Å². The normalized spacial score (nSPS) is 10.8. The Labute approximate surface area is 70.6 Å². The van der Waals surface area contributed by atoms with Crippen LogP contribution in [0.25, 0.3) is 0 Å². The highest BCUT2D eigenvalue weighted by Gasteiger charge is 2.21. The summed E-state index contributed by atoms with van der Waals surface area (Å²) in [6.45, 7) is 3.98. The fraction of sp³-hybridized carbons (Fsp3) is 0.375. The predicted octanol–water partition coefficient (Wildman–Crippen LogP) is 0.885. The molecule has 0 saturated heterocycles. The van der Waals surface area contributed by atoms with Crippen LogP contribution < -0.4 is 0 Å². The molecule has 0 radical (unpaired) electrons. The molecule has 1 heterocycles. The van der Waals surface area contributed by atoms with Gasteiger partial charge in [-0.25, -0.2) is 9.97 Å². The van der Waals surface area contributed by atoms with Crippen LogP contribution in [0.2, 0.25) is 0 Å². The van der Waals surface area contributed by atoms with Crippen molar-refractivity contribution in [3.63, 3.8) is 0 Å². The Morgan fingerprint density at radius 3 is 2.50 bits per heavy atom. The van der Waals surface area contributed by atoms with Crippen LogP contribution in [0, 0.1) is 0 Å². The lowest BCUT2D eigenvalue weighted by Crippen LogP contribution is -2.21. The molecule has 0 fully saturated rings. The molecule has 0 aliphatic rings. The average Bonchev–Trinajstić information content (AvgIpc) is 2.06. The molecule has 0 unspecified atom stereocenters. The summed E-state index contributed by atoms with van der Waals surface area (Å²) >= 11 is 0. The zero-order valence-electron chi connectivity index (χ0n) is 7.02. The van der Waals surface area contributed by atoms with Crippen molar-refractivity contribution in [2.75, 3.05) is 0 Å². The van der Waals surface area contributed by atoms with E-state index in [2.05, 4.69) is 9.97 Å². The topological polar surface area (TPSA) is 52.1 Å². The van der Waals surface area contributed by atoms with Gasteiger partial charge >= 0.3 is 0 Å². The van der Waals surface area contributed by atoms with Crippen molar-refractivity contribution in [3.05, 3.63) is 24.3 Å². The van der Waals surface area contributed by atoms with Crippen molar-refractivity contribution in [3.8, 4) is 0 Å². The van der Waals surface area contributed by atoms with Crippen molar-refractivity contribution in [2.24, 2.45) is 0 Å². The third-order valence-electron chi connectivity index (χ3n) is 1.60. The van der Waals surface area contributed by atoms with Gasteiger partial charge < -0.3 is 4.74 Å². The summed E-state index contributed by atoms with van der Waals surface area (Å²) in [5, 5.41) is 0. The summed E-state index contributed by atoms with van der Waals surface area (Å²) < 4.78 is 4.85. The molecule has 0 spiro atoms. The highest BCUT2D eigenvalue weighted by Crippen LogP contribution is 2.21. The van der Waals surface area contributed by atoms with Crippen LogP contribution in [-0.4, -0.2) is 16.4 Å². The lowest BCUT2D eigenvalue weighted by molar-refractivity contribution is -0.141. The molecule has 1 aromatic heterocycles. The second kappa shape index (κ2) is 3.30. The Bertz CT molecular complexity index is 259. The summed E-state index contributed by atoms with van der Waals surface area (Å²) in [5.74, 6) is 0. The molecule has 4 nitrogen and oxygen atoms in total.